The summed E-state index contributed by atoms with van der Waals surface area (Å²) in [6.07, 6.45) is 109. The molecule has 0 saturated carbocycles. The van der Waals surface area contributed by atoms with Crippen molar-refractivity contribution in [2.45, 2.75) is 315 Å². The van der Waals surface area contributed by atoms with Gasteiger partial charge in [0.15, 0.2) is 6.10 Å². The molecule has 0 radical (unpaired) electrons. The van der Waals surface area contributed by atoms with Gasteiger partial charge in [0.1, 0.15) is 19.8 Å². The molecule has 9 nitrogen and oxygen atoms in total. The Morgan fingerprint density at radius 2 is 0.606 bits per heavy atom. The highest BCUT2D eigenvalue weighted by Crippen LogP contribution is 2.38. The van der Waals surface area contributed by atoms with Crippen molar-refractivity contribution in [1.29, 1.82) is 0 Å². The van der Waals surface area contributed by atoms with Crippen molar-refractivity contribution >= 4 is 19.8 Å². The molecule has 2 atom stereocenters. The number of esters is 2. The first-order chi connectivity index (χ1) is 46.0. The van der Waals surface area contributed by atoms with Crippen LogP contribution in [0.2, 0.25) is 0 Å². The van der Waals surface area contributed by atoms with Crippen molar-refractivity contribution in [3.63, 3.8) is 0 Å². The van der Waals surface area contributed by atoms with Crippen molar-refractivity contribution in [1.82, 2.24) is 0 Å². The van der Waals surface area contributed by atoms with Crippen molar-refractivity contribution < 1.29 is 42.1 Å². The van der Waals surface area contributed by atoms with E-state index >= 15 is 0 Å². The van der Waals surface area contributed by atoms with Crippen LogP contribution in [0.4, 0.5) is 0 Å². The molecular weight excluding hydrogens is 1180 g/mol. The number of quaternary nitrogens is 1. The summed E-state index contributed by atoms with van der Waals surface area (Å²) in [6, 6.07) is 0. The lowest BCUT2D eigenvalue weighted by molar-refractivity contribution is -0.870. The Bertz CT molecular complexity index is 2150. The molecule has 10 heteroatoms. The van der Waals surface area contributed by atoms with Gasteiger partial charge in [0.05, 0.1) is 27.7 Å². The van der Waals surface area contributed by atoms with Gasteiger partial charge in [-0.3, -0.25) is 14.2 Å². The van der Waals surface area contributed by atoms with E-state index in [1.54, 1.807) is 0 Å². The highest BCUT2D eigenvalue weighted by Gasteiger charge is 2.22. The predicted octanol–water partition coefficient (Wildman–Crippen LogP) is 24.9. The van der Waals surface area contributed by atoms with Gasteiger partial charge in [-0.25, -0.2) is 0 Å². The normalized spacial score (nSPS) is 14.0. The zero-order valence-electron chi connectivity index (χ0n) is 61.1. The van der Waals surface area contributed by atoms with Crippen LogP contribution in [0.3, 0.4) is 0 Å². The summed E-state index contributed by atoms with van der Waals surface area (Å²) >= 11 is 0. The lowest BCUT2D eigenvalue weighted by atomic mass is 10.0. The summed E-state index contributed by atoms with van der Waals surface area (Å²) in [5.74, 6) is -0.886. The van der Waals surface area contributed by atoms with Gasteiger partial charge in [-0.2, -0.15) is 0 Å². The Balaban J connectivity index is 4.09. The summed E-state index contributed by atoms with van der Waals surface area (Å²) in [4.78, 5) is 38.1. The quantitative estimate of drug-likeness (QED) is 0.0195. The van der Waals surface area contributed by atoms with Gasteiger partial charge in [-0.05, 0) is 128 Å². The number of likely N-dealkylation sites (N-methyl/N-ethyl adjacent to an activating group) is 1. The molecule has 0 aromatic carbocycles. The number of phosphoric acid groups is 1. The molecule has 2 unspecified atom stereocenters. The van der Waals surface area contributed by atoms with Crippen molar-refractivity contribution in [3.8, 4) is 0 Å². The van der Waals surface area contributed by atoms with Gasteiger partial charge >= 0.3 is 11.9 Å². The SMILES string of the molecule is CC/C=C\C/C=C\C/C=C\C/C=C\C/C=C\C/C=C\C/C=C\C/C=C\C/C=C\C/C=C\CCCCC(=O)OC(COC(=O)CCCCCCCCCCCCCCCCCCCCCCCC/C=C\C/C=C\C/C=C\CCCCCCC)COP(=O)([O-])OCC[N+](C)(C)C. The second-order valence-electron chi connectivity index (χ2n) is 26.3. The van der Waals surface area contributed by atoms with Crippen LogP contribution in [0.5, 0.6) is 0 Å². The van der Waals surface area contributed by atoms with Crippen LogP contribution >= 0.6 is 7.82 Å². The number of hydrogen-bond donors (Lipinski definition) is 0. The summed E-state index contributed by atoms with van der Waals surface area (Å²) in [7, 11) is 1.12. The van der Waals surface area contributed by atoms with Crippen LogP contribution < -0.4 is 4.89 Å². The molecular formula is C84H142NO8P. The summed E-state index contributed by atoms with van der Waals surface area (Å²) in [5, 5.41) is 0. The van der Waals surface area contributed by atoms with E-state index in [4.69, 9.17) is 18.5 Å². The molecule has 0 aliphatic heterocycles. The maximum Gasteiger partial charge on any atom is 0.306 e. The van der Waals surface area contributed by atoms with Crippen LogP contribution in [0.1, 0.15) is 309 Å². The van der Waals surface area contributed by atoms with E-state index in [1.165, 1.54) is 167 Å². The van der Waals surface area contributed by atoms with E-state index in [-0.39, 0.29) is 26.1 Å². The zero-order valence-corrected chi connectivity index (χ0v) is 62.0. The van der Waals surface area contributed by atoms with E-state index in [9.17, 15) is 19.0 Å². The molecule has 0 rings (SSSR count). The summed E-state index contributed by atoms with van der Waals surface area (Å²) < 4.78 is 34.3. The summed E-state index contributed by atoms with van der Waals surface area (Å²) in [6.45, 7) is 4.07. The van der Waals surface area contributed by atoms with Gasteiger partial charge in [0.2, 0.25) is 0 Å². The monoisotopic (exact) mass is 1320 g/mol. The van der Waals surface area contributed by atoms with E-state index in [2.05, 4.69) is 172 Å². The number of carbonyl (C=O) groups is 2. The average Bonchev–Trinajstić information content (AvgIpc) is 1.56. The fraction of sp³-hybridized carbons (Fsp3) is 0.667. The Morgan fingerprint density at radius 1 is 0.340 bits per heavy atom. The van der Waals surface area contributed by atoms with Gasteiger partial charge in [-0.15, -0.1) is 0 Å². The van der Waals surface area contributed by atoms with Crippen molar-refractivity contribution in [2.24, 2.45) is 0 Å². The highest BCUT2D eigenvalue weighted by molar-refractivity contribution is 7.45. The standard InChI is InChI=1S/C84H142NO8P/c1-6-8-10-12-14-16-18-20-22-24-26-28-30-32-34-36-38-40-41-42-43-45-46-48-50-52-54-56-58-60-62-64-66-68-70-72-74-76-83(86)90-80-82(81-92-94(88,89)91-79-78-85(3,4)5)93-84(87)77-75-73-71-69-67-65-63-61-59-57-55-53-51-49-47-44-39-37-35-33-31-29-27-25-23-21-19-17-15-13-11-9-7-2/h9,11,15,17-18,20-21,23-24,26-27,29-30,32-33,35,39,44,49,51,55,57,61,63,67,69,82H,6-8,10,12-14,16,19,22,25,28,31,34,36-38,40-43,45-48,50,52-54,56,58-60,62,64-66,68,70-81H2,1-5H3/b11-9-,17-15-,20-18-,23-21-,26-24-,29-27-,32-30-,35-33-,44-39-,51-49-,57-55-,63-61-,69-67-. The molecule has 0 spiro atoms. The topological polar surface area (TPSA) is 111 Å². The van der Waals surface area contributed by atoms with Crippen LogP contribution in [0.15, 0.2) is 158 Å². The Labute approximate surface area is 579 Å². The first kappa shape index (κ1) is 89.6. The van der Waals surface area contributed by atoms with E-state index < -0.39 is 32.5 Å². The molecule has 94 heavy (non-hydrogen) atoms. The second-order valence-corrected chi connectivity index (χ2v) is 27.7. The molecule has 0 aromatic rings. The number of carbonyl (C=O) groups excluding carboxylic acids is 2. The smallest absolute Gasteiger partial charge is 0.306 e. The largest absolute Gasteiger partial charge is 0.756 e. The number of allylic oxidation sites excluding steroid dienone is 26. The second kappa shape index (κ2) is 72.9. The zero-order chi connectivity index (χ0) is 68.3. The van der Waals surface area contributed by atoms with Crippen molar-refractivity contribution in [3.05, 3.63) is 158 Å². The number of rotatable bonds is 69. The maximum absolute atomic E-state index is 12.9. The Hall–Kier alpha value is -4.37. The number of hydrogen-bond acceptors (Lipinski definition) is 8. The first-order valence-corrected chi connectivity index (χ1v) is 39.7. The fourth-order valence-electron chi connectivity index (χ4n) is 10.2. The molecule has 0 fully saturated rings. The Morgan fingerprint density at radius 3 is 0.926 bits per heavy atom. The molecule has 0 saturated heterocycles. The van der Waals surface area contributed by atoms with E-state index in [0.717, 1.165) is 109 Å². The molecule has 0 N–H and O–H groups in total. The van der Waals surface area contributed by atoms with E-state index in [0.29, 0.717) is 17.4 Å². The van der Waals surface area contributed by atoms with Crippen LogP contribution in [-0.4, -0.2) is 70.0 Å². The van der Waals surface area contributed by atoms with Crippen LogP contribution in [-0.2, 0) is 32.7 Å². The van der Waals surface area contributed by atoms with Gasteiger partial charge in [0.25, 0.3) is 7.82 Å². The molecule has 0 aliphatic rings. The lowest BCUT2D eigenvalue weighted by Gasteiger charge is -2.28. The number of phosphoric ester groups is 1. The van der Waals surface area contributed by atoms with Gasteiger partial charge in [-0.1, -0.05) is 326 Å². The molecule has 0 heterocycles. The predicted molar refractivity (Wildman–Crippen MR) is 406 cm³/mol. The minimum absolute atomic E-state index is 0.0465. The van der Waals surface area contributed by atoms with Crippen molar-refractivity contribution in [2.75, 3.05) is 47.5 Å². The maximum atomic E-state index is 12.9. The number of unbranched alkanes of at least 4 members (excludes halogenated alkanes) is 29. The molecule has 0 aromatic heterocycles. The van der Waals surface area contributed by atoms with Gasteiger partial charge in [0, 0.05) is 12.8 Å². The molecule has 536 valence electrons. The average molecular weight is 1330 g/mol. The Kier molecular flexibility index (Phi) is 69.5. The highest BCUT2D eigenvalue weighted by atomic mass is 31.2. The number of nitrogens with zero attached hydrogens (tertiary/aromatic N) is 1. The molecule has 0 bridgehead atoms. The fourth-order valence-corrected chi connectivity index (χ4v) is 11.0. The lowest BCUT2D eigenvalue weighted by Crippen LogP contribution is -2.37. The van der Waals surface area contributed by atoms with Crippen LogP contribution in [0, 0.1) is 0 Å². The first-order valence-electron chi connectivity index (χ1n) is 38.2. The van der Waals surface area contributed by atoms with Gasteiger partial charge < -0.3 is 27.9 Å². The minimum Gasteiger partial charge on any atom is -0.756 e. The third-order valence-corrected chi connectivity index (χ3v) is 17.0. The molecule has 0 amide bonds. The third kappa shape index (κ3) is 76.6. The van der Waals surface area contributed by atoms with E-state index in [1.807, 2.05) is 21.1 Å². The minimum atomic E-state index is -4.67. The summed E-state index contributed by atoms with van der Waals surface area (Å²) in [5.41, 5.74) is 0. The van der Waals surface area contributed by atoms with Crippen LogP contribution in [0.25, 0.3) is 0 Å². The molecule has 0 aliphatic carbocycles. The third-order valence-electron chi connectivity index (χ3n) is 16.0. The number of ether oxygens (including phenoxy) is 2.